The Morgan fingerprint density at radius 3 is 2.44 bits per heavy atom. The van der Waals surface area contributed by atoms with Gasteiger partial charge in [0, 0.05) is 28.5 Å². The topological polar surface area (TPSA) is 139 Å². The first-order valence-corrected chi connectivity index (χ1v) is 16.2. The number of aliphatic hydroxyl groups is 1. The van der Waals surface area contributed by atoms with Crippen LogP contribution in [0.3, 0.4) is 0 Å². The Balaban J connectivity index is 1.26. The van der Waals surface area contributed by atoms with Crippen molar-refractivity contribution in [1.82, 2.24) is 15.6 Å². The second-order valence-corrected chi connectivity index (χ2v) is 13.9. The average Bonchev–Trinajstić information content (AvgIpc) is 3.46. The summed E-state index contributed by atoms with van der Waals surface area (Å²) in [4.78, 5) is 42.2. The summed E-state index contributed by atoms with van der Waals surface area (Å²) in [7, 11) is 0. The van der Waals surface area contributed by atoms with Gasteiger partial charge < -0.3 is 30.5 Å². The second kappa shape index (κ2) is 15.0. The Kier molecular flexibility index (Phi) is 11.4. The SMILES string of the molecule is CC(C)(C)OC(=O)NCC(C)(C)c1cccc(C(=O)NCC(=O)Nc2nc(-c3cccc(CO[C@H]4CC[C@H](O)CC4)c3)cs2)c1. The first-order valence-electron chi connectivity index (χ1n) is 15.3. The summed E-state index contributed by atoms with van der Waals surface area (Å²) in [5.41, 5.74) is 2.89. The summed E-state index contributed by atoms with van der Waals surface area (Å²) in [5.74, 6) is -0.770. The van der Waals surface area contributed by atoms with Gasteiger partial charge in [0.05, 0.1) is 31.1 Å². The summed E-state index contributed by atoms with van der Waals surface area (Å²) in [6.45, 7) is 9.93. The number of hydrogen-bond donors (Lipinski definition) is 4. The maximum Gasteiger partial charge on any atom is 0.407 e. The van der Waals surface area contributed by atoms with Gasteiger partial charge in [-0.05, 0) is 75.8 Å². The molecule has 1 aliphatic rings. The second-order valence-electron chi connectivity index (χ2n) is 13.0. The number of benzene rings is 2. The Bertz CT molecular complexity index is 1470. The van der Waals surface area contributed by atoms with Crippen LogP contribution in [0.4, 0.5) is 9.93 Å². The lowest BCUT2D eigenvalue weighted by atomic mass is 9.84. The zero-order valence-electron chi connectivity index (χ0n) is 26.6. The quantitative estimate of drug-likeness (QED) is 0.209. The van der Waals surface area contributed by atoms with Crippen LogP contribution >= 0.6 is 11.3 Å². The molecule has 3 amide bonds. The third-order valence-electron chi connectivity index (χ3n) is 7.49. The molecule has 45 heavy (non-hydrogen) atoms. The molecular weight excluding hydrogens is 592 g/mol. The molecule has 1 saturated carbocycles. The number of hydrogen-bond acceptors (Lipinski definition) is 8. The van der Waals surface area contributed by atoms with Crippen LogP contribution in [0.2, 0.25) is 0 Å². The molecule has 0 aliphatic heterocycles. The number of carbonyl (C=O) groups excluding carboxylic acids is 3. The number of alkyl carbamates (subject to hydrolysis) is 1. The van der Waals surface area contributed by atoms with Crippen LogP contribution in [-0.2, 0) is 26.3 Å². The number of nitrogens with one attached hydrogen (secondary N) is 3. The molecule has 10 nitrogen and oxygen atoms in total. The molecule has 1 heterocycles. The van der Waals surface area contributed by atoms with Gasteiger partial charge in [-0.25, -0.2) is 9.78 Å². The minimum Gasteiger partial charge on any atom is -0.444 e. The molecule has 0 radical (unpaired) electrons. The van der Waals surface area contributed by atoms with Gasteiger partial charge in [-0.15, -0.1) is 11.3 Å². The van der Waals surface area contributed by atoms with E-state index in [2.05, 4.69) is 20.9 Å². The van der Waals surface area contributed by atoms with E-state index in [1.807, 2.05) is 49.6 Å². The first kappa shape index (κ1) is 34.1. The van der Waals surface area contributed by atoms with Gasteiger partial charge in [0.25, 0.3) is 5.91 Å². The van der Waals surface area contributed by atoms with E-state index in [0.717, 1.165) is 48.1 Å². The molecule has 2 aromatic carbocycles. The number of anilines is 1. The van der Waals surface area contributed by atoms with Crippen LogP contribution in [0.1, 0.15) is 81.8 Å². The largest absolute Gasteiger partial charge is 0.444 e. The molecule has 0 saturated heterocycles. The van der Waals surface area contributed by atoms with Gasteiger partial charge in [-0.2, -0.15) is 0 Å². The molecular formula is C34H44N4O6S. The number of ether oxygens (including phenoxy) is 2. The molecule has 0 atom stereocenters. The zero-order valence-corrected chi connectivity index (χ0v) is 27.5. The number of thiazole rings is 1. The Morgan fingerprint density at radius 2 is 1.71 bits per heavy atom. The monoisotopic (exact) mass is 636 g/mol. The smallest absolute Gasteiger partial charge is 0.407 e. The zero-order chi connectivity index (χ0) is 32.6. The van der Waals surface area contributed by atoms with E-state index in [0.29, 0.717) is 23.8 Å². The molecule has 4 rings (SSSR count). The predicted molar refractivity (Wildman–Crippen MR) is 175 cm³/mol. The molecule has 242 valence electrons. The highest BCUT2D eigenvalue weighted by Gasteiger charge is 2.25. The van der Waals surface area contributed by atoms with Gasteiger partial charge in [0.15, 0.2) is 5.13 Å². The van der Waals surface area contributed by atoms with Crippen LogP contribution in [0.15, 0.2) is 53.9 Å². The molecule has 3 aromatic rings. The van der Waals surface area contributed by atoms with Crippen LogP contribution in [0.25, 0.3) is 11.3 Å². The highest BCUT2D eigenvalue weighted by atomic mass is 32.1. The maximum atomic E-state index is 12.9. The van der Waals surface area contributed by atoms with Crippen molar-refractivity contribution < 1.29 is 29.0 Å². The molecule has 4 N–H and O–H groups in total. The molecule has 1 aromatic heterocycles. The van der Waals surface area contributed by atoms with E-state index < -0.39 is 17.1 Å². The van der Waals surface area contributed by atoms with Crippen molar-refractivity contribution in [2.75, 3.05) is 18.4 Å². The lowest BCUT2D eigenvalue weighted by Crippen LogP contribution is -2.40. The summed E-state index contributed by atoms with van der Waals surface area (Å²) < 4.78 is 11.4. The number of amides is 3. The normalized spacial score (nSPS) is 16.9. The van der Waals surface area contributed by atoms with Crippen molar-refractivity contribution >= 4 is 34.4 Å². The van der Waals surface area contributed by atoms with Crippen LogP contribution in [-0.4, -0.2) is 58.9 Å². The lowest BCUT2D eigenvalue weighted by Gasteiger charge is -2.27. The van der Waals surface area contributed by atoms with Crippen molar-refractivity contribution in [3.63, 3.8) is 0 Å². The van der Waals surface area contributed by atoms with Gasteiger partial charge >= 0.3 is 6.09 Å². The molecule has 0 bridgehead atoms. The van der Waals surface area contributed by atoms with E-state index in [9.17, 15) is 19.5 Å². The molecule has 11 heteroatoms. The fourth-order valence-electron chi connectivity index (χ4n) is 4.93. The fourth-order valence-corrected chi connectivity index (χ4v) is 5.66. The Labute approximate surface area is 268 Å². The maximum absolute atomic E-state index is 12.9. The minimum atomic E-state index is -0.594. The third kappa shape index (κ3) is 10.7. The Morgan fingerprint density at radius 1 is 0.978 bits per heavy atom. The van der Waals surface area contributed by atoms with E-state index in [4.69, 9.17) is 9.47 Å². The average molecular weight is 637 g/mol. The highest BCUT2D eigenvalue weighted by molar-refractivity contribution is 7.14. The van der Waals surface area contributed by atoms with Crippen LogP contribution in [0.5, 0.6) is 0 Å². The van der Waals surface area contributed by atoms with E-state index in [1.165, 1.54) is 11.3 Å². The van der Waals surface area contributed by atoms with Crippen molar-refractivity contribution in [3.05, 3.63) is 70.6 Å². The van der Waals surface area contributed by atoms with Crippen LogP contribution < -0.4 is 16.0 Å². The predicted octanol–water partition coefficient (Wildman–Crippen LogP) is 5.80. The highest BCUT2D eigenvalue weighted by Crippen LogP contribution is 2.27. The van der Waals surface area contributed by atoms with Gasteiger partial charge in [0.2, 0.25) is 5.91 Å². The molecule has 1 aliphatic carbocycles. The number of rotatable bonds is 11. The number of carbonyl (C=O) groups is 3. The van der Waals surface area contributed by atoms with E-state index >= 15 is 0 Å². The molecule has 0 unspecified atom stereocenters. The lowest BCUT2D eigenvalue weighted by molar-refractivity contribution is -0.115. The van der Waals surface area contributed by atoms with Crippen molar-refractivity contribution in [2.24, 2.45) is 0 Å². The molecule has 1 fully saturated rings. The third-order valence-corrected chi connectivity index (χ3v) is 8.25. The van der Waals surface area contributed by atoms with Gasteiger partial charge in [-0.3, -0.25) is 9.59 Å². The summed E-state index contributed by atoms with van der Waals surface area (Å²) in [5, 5.41) is 20.2. The minimum absolute atomic E-state index is 0.169. The number of aromatic nitrogens is 1. The first-order chi connectivity index (χ1) is 21.3. The van der Waals surface area contributed by atoms with Crippen molar-refractivity contribution in [3.8, 4) is 11.3 Å². The fraction of sp³-hybridized carbons (Fsp3) is 0.471. The van der Waals surface area contributed by atoms with E-state index in [1.54, 1.807) is 39.0 Å². The van der Waals surface area contributed by atoms with Crippen molar-refractivity contribution in [1.29, 1.82) is 0 Å². The summed E-state index contributed by atoms with van der Waals surface area (Å²) in [6, 6.07) is 15.1. The molecule has 0 spiro atoms. The number of aliphatic hydroxyl groups excluding tert-OH is 1. The summed E-state index contributed by atoms with van der Waals surface area (Å²) >= 11 is 1.31. The van der Waals surface area contributed by atoms with Gasteiger partial charge in [-0.1, -0.05) is 44.2 Å². The Hall–Kier alpha value is -3.80. The van der Waals surface area contributed by atoms with E-state index in [-0.39, 0.29) is 30.6 Å². The number of nitrogens with zero attached hydrogens (tertiary/aromatic N) is 1. The van der Waals surface area contributed by atoms with Crippen LogP contribution in [0, 0.1) is 0 Å². The van der Waals surface area contributed by atoms with Gasteiger partial charge in [0.1, 0.15) is 5.60 Å². The van der Waals surface area contributed by atoms with Crippen molar-refractivity contribution in [2.45, 2.75) is 90.1 Å². The summed E-state index contributed by atoms with van der Waals surface area (Å²) in [6.07, 6.45) is 2.77. The standard InChI is InChI=1S/C34H44N4O6S/c1-33(2,3)44-32(42)36-21-34(4,5)25-11-7-10-24(17-25)30(41)35-18-29(40)38-31-37-28(20-45-31)23-9-6-8-22(16-23)19-43-27-14-12-26(39)13-15-27/h6-11,16-17,20,26-27,39H,12-15,18-19,21H2,1-5H3,(H,35,41)(H,36,42)(H,37,38,40)/t26-,27-.